The number of aryl methyl sites for hydroxylation is 1. The summed E-state index contributed by atoms with van der Waals surface area (Å²) in [6, 6.07) is 15.5. The van der Waals surface area contributed by atoms with Crippen LogP contribution >= 0.6 is 0 Å². The molecule has 0 saturated heterocycles. The van der Waals surface area contributed by atoms with Gasteiger partial charge >= 0.3 is 0 Å². The van der Waals surface area contributed by atoms with Crippen molar-refractivity contribution in [3.8, 4) is 5.75 Å². The number of rotatable bonds is 5. The molecule has 2 amide bonds. The average molecular weight is 365 g/mol. The highest BCUT2D eigenvalue weighted by Gasteiger charge is 2.18. The molecule has 6 nitrogen and oxygen atoms in total. The minimum atomic E-state index is -0.409. The highest BCUT2D eigenvalue weighted by molar-refractivity contribution is 5.94. The monoisotopic (exact) mass is 365 g/mol. The van der Waals surface area contributed by atoms with Gasteiger partial charge in [-0.05, 0) is 36.6 Å². The molecule has 0 fully saturated rings. The van der Waals surface area contributed by atoms with Gasteiger partial charge in [0, 0.05) is 23.9 Å². The van der Waals surface area contributed by atoms with E-state index in [9.17, 15) is 9.59 Å². The van der Waals surface area contributed by atoms with Crippen molar-refractivity contribution in [3.05, 3.63) is 65.7 Å². The molecule has 27 heavy (non-hydrogen) atoms. The third-order valence-corrected chi connectivity index (χ3v) is 4.42. The number of para-hydroxylation sites is 2. The first kappa shape index (κ1) is 18.5. The fraction of sp³-hybridized carbons (Fsp3) is 0.238. The first-order valence-electron chi connectivity index (χ1n) is 8.90. The smallest absolute Gasteiger partial charge is 0.262 e. The maximum Gasteiger partial charge on any atom is 0.262 e. The third-order valence-electron chi connectivity index (χ3n) is 4.42. The number of hydrogen-bond acceptors (Lipinski definition) is 4. The highest BCUT2D eigenvalue weighted by Crippen LogP contribution is 2.26. The Kier molecular flexibility index (Phi) is 6.10. The number of methoxy groups -OCH3 is 1. The van der Waals surface area contributed by atoms with E-state index in [-0.39, 0.29) is 12.5 Å². The Morgan fingerprint density at radius 3 is 2.74 bits per heavy atom. The van der Waals surface area contributed by atoms with Crippen molar-refractivity contribution in [1.29, 1.82) is 0 Å². The normalized spacial score (nSPS) is 13.1. The molecule has 1 aliphatic heterocycles. The van der Waals surface area contributed by atoms with Crippen molar-refractivity contribution >= 4 is 23.6 Å². The summed E-state index contributed by atoms with van der Waals surface area (Å²) in [6.45, 7) is 1.03. The maximum atomic E-state index is 12.2. The number of amides is 2. The second-order valence-electron chi connectivity index (χ2n) is 6.27. The lowest BCUT2D eigenvalue weighted by atomic mass is 10.0. The molecule has 2 N–H and O–H groups in total. The van der Waals surface area contributed by atoms with Crippen LogP contribution in [0.5, 0.6) is 5.75 Å². The zero-order valence-corrected chi connectivity index (χ0v) is 15.3. The fourth-order valence-electron chi connectivity index (χ4n) is 3.13. The van der Waals surface area contributed by atoms with Crippen molar-refractivity contribution in [2.24, 2.45) is 0 Å². The van der Waals surface area contributed by atoms with Crippen LogP contribution in [-0.2, 0) is 16.0 Å². The fourth-order valence-corrected chi connectivity index (χ4v) is 3.13. The number of carbonyl (C=O) groups excluding carboxylic acids is 2. The topological polar surface area (TPSA) is 70.7 Å². The second kappa shape index (κ2) is 8.89. The molecular weight excluding hydrogens is 342 g/mol. The molecule has 0 spiro atoms. The van der Waals surface area contributed by atoms with Crippen LogP contribution in [0.3, 0.4) is 0 Å². The Morgan fingerprint density at radius 2 is 1.89 bits per heavy atom. The zero-order chi connectivity index (χ0) is 19.1. The predicted octanol–water partition coefficient (Wildman–Crippen LogP) is 2.31. The van der Waals surface area contributed by atoms with Crippen LogP contribution in [0.15, 0.2) is 54.6 Å². The van der Waals surface area contributed by atoms with Gasteiger partial charge in [0.15, 0.2) is 0 Å². The molecule has 2 aromatic carbocycles. The van der Waals surface area contributed by atoms with Crippen LogP contribution < -0.4 is 20.5 Å². The van der Waals surface area contributed by atoms with E-state index in [0.29, 0.717) is 5.75 Å². The molecule has 0 unspecified atom stereocenters. The number of benzene rings is 2. The standard InChI is InChI=1S/C21H23N3O3/c1-27-19-11-5-3-8-17(19)12-13-20(25)22-23-21(26)15-24-14-6-9-16-7-2-4-10-18(16)24/h2-5,7-8,10-13H,6,9,14-15H2,1H3,(H,22,25)(H,23,26)/b13-12+. The Morgan fingerprint density at radius 1 is 1.11 bits per heavy atom. The van der Waals surface area contributed by atoms with E-state index < -0.39 is 5.91 Å². The Balaban J connectivity index is 1.51. The van der Waals surface area contributed by atoms with E-state index in [1.807, 2.05) is 47.4 Å². The van der Waals surface area contributed by atoms with Gasteiger partial charge < -0.3 is 9.64 Å². The number of fused-ring (bicyclic) bond motifs is 1. The van der Waals surface area contributed by atoms with Crippen molar-refractivity contribution in [1.82, 2.24) is 10.9 Å². The van der Waals surface area contributed by atoms with Crippen LogP contribution in [0.1, 0.15) is 17.5 Å². The van der Waals surface area contributed by atoms with Crippen LogP contribution in [-0.4, -0.2) is 32.0 Å². The van der Waals surface area contributed by atoms with E-state index in [1.54, 1.807) is 13.2 Å². The molecule has 6 heteroatoms. The number of hydrazine groups is 1. The quantitative estimate of drug-likeness (QED) is 0.630. The van der Waals surface area contributed by atoms with Crippen molar-refractivity contribution < 1.29 is 14.3 Å². The number of nitrogens with one attached hydrogen (secondary N) is 2. The molecule has 140 valence electrons. The molecule has 0 saturated carbocycles. The Labute approximate surface area is 158 Å². The van der Waals surface area contributed by atoms with Gasteiger partial charge in [-0.15, -0.1) is 0 Å². The lowest BCUT2D eigenvalue weighted by molar-refractivity contribution is -0.125. The number of ether oxygens (including phenoxy) is 1. The zero-order valence-electron chi connectivity index (χ0n) is 15.3. The summed E-state index contributed by atoms with van der Waals surface area (Å²) in [7, 11) is 1.58. The van der Waals surface area contributed by atoms with Gasteiger partial charge in [0.25, 0.3) is 11.8 Å². The van der Waals surface area contributed by atoms with Crippen molar-refractivity contribution in [2.45, 2.75) is 12.8 Å². The van der Waals surface area contributed by atoms with Gasteiger partial charge in [-0.1, -0.05) is 36.4 Å². The van der Waals surface area contributed by atoms with Crippen LogP contribution in [0.25, 0.3) is 6.08 Å². The molecular formula is C21H23N3O3. The van der Waals surface area contributed by atoms with Crippen molar-refractivity contribution in [3.63, 3.8) is 0 Å². The Bertz CT molecular complexity index is 848. The van der Waals surface area contributed by atoms with Gasteiger partial charge in [-0.3, -0.25) is 20.4 Å². The third kappa shape index (κ3) is 4.88. The van der Waals surface area contributed by atoms with Gasteiger partial charge in [-0.2, -0.15) is 0 Å². The summed E-state index contributed by atoms with van der Waals surface area (Å²) in [5.41, 5.74) is 7.99. The molecule has 0 atom stereocenters. The van der Waals surface area contributed by atoms with E-state index in [1.165, 1.54) is 11.6 Å². The largest absolute Gasteiger partial charge is 0.496 e. The van der Waals surface area contributed by atoms with E-state index in [4.69, 9.17) is 4.74 Å². The van der Waals surface area contributed by atoms with Crippen LogP contribution in [0.2, 0.25) is 0 Å². The molecule has 0 aliphatic carbocycles. The van der Waals surface area contributed by atoms with Gasteiger partial charge in [0.05, 0.1) is 13.7 Å². The first-order valence-corrected chi connectivity index (χ1v) is 8.90. The average Bonchev–Trinajstić information content (AvgIpc) is 2.71. The lowest BCUT2D eigenvalue weighted by Crippen LogP contribution is -2.47. The summed E-state index contributed by atoms with van der Waals surface area (Å²) in [5, 5.41) is 0. The SMILES string of the molecule is COc1ccccc1/C=C/C(=O)NNC(=O)CN1CCCc2ccccc21. The molecule has 3 rings (SSSR count). The summed E-state index contributed by atoms with van der Waals surface area (Å²) >= 11 is 0. The molecule has 0 aromatic heterocycles. The minimum absolute atomic E-state index is 0.202. The molecule has 2 aromatic rings. The maximum absolute atomic E-state index is 12.2. The van der Waals surface area contributed by atoms with E-state index in [2.05, 4.69) is 16.9 Å². The van der Waals surface area contributed by atoms with E-state index in [0.717, 1.165) is 30.6 Å². The summed E-state index contributed by atoms with van der Waals surface area (Å²) in [6.07, 6.45) is 5.03. The summed E-state index contributed by atoms with van der Waals surface area (Å²) in [4.78, 5) is 26.2. The number of anilines is 1. The number of hydrogen-bond donors (Lipinski definition) is 2. The molecule has 0 radical (unpaired) electrons. The van der Waals surface area contributed by atoms with Gasteiger partial charge in [0.1, 0.15) is 5.75 Å². The van der Waals surface area contributed by atoms with Gasteiger partial charge in [-0.25, -0.2) is 0 Å². The van der Waals surface area contributed by atoms with Gasteiger partial charge in [0.2, 0.25) is 0 Å². The molecule has 1 heterocycles. The number of nitrogens with zero attached hydrogens (tertiary/aromatic N) is 1. The Hall–Kier alpha value is -3.28. The van der Waals surface area contributed by atoms with Crippen molar-refractivity contribution in [2.75, 3.05) is 25.1 Å². The second-order valence-corrected chi connectivity index (χ2v) is 6.27. The van der Waals surface area contributed by atoms with Crippen LogP contribution in [0.4, 0.5) is 5.69 Å². The molecule has 0 bridgehead atoms. The summed E-state index contributed by atoms with van der Waals surface area (Å²) in [5.74, 6) is 0.00777. The lowest BCUT2D eigenvalue weighted by Gasteiger charge is -2.30. The van der Waals surface area contributed by atoms with E-state index >= 15 is 0 Å². The minimum Gasteiger partial charge on any atom is -0.496 e. The predicted molar refractivity (Wildman–Crippen MR) is 105 cm³/mol. The highest BCUT2D eigenvalue weighted by atomic mass is 16.5. The molecule has 1 aliphatic rings. The number of carbonyl (C=O) groups is 2. The van der Waals surface area contributed by atoms with Crippen LogP contribution in [0, 0.1) is 0 Å². The first-order chi connectivity index (χ1) is 13.2. The summed E-state index contributed by atoms with van der Waals surface area (Å²) < 4.78 is 5.23.